The molecule has 9 heteroatoms. The molecule has 0 bridgehead atoms. The molecule has 0 aliphatic carbocycles. The summed E-state index contributed by atoms with van der Waals surface area (Å²) in [5, 5.41) is 8.28. The molecular formula is C31H29N3O6. The number of esters is 1. The Hall–Kier alpha value is -5.18. The summed E-state index contributed by atoms with van der Waals surface area (Å²) in [4.78, 5) is 37.4. The van der Waals surface area contributed by atoms with Crippen LogP contribution in [0.1, 0.15) is 39.6 Å². The number of fused-ring (bicyclic) bond motifs is 1. The highest BCUT2D eigenvalue weighted by Gasteiger charge is 2.14. The monoisotopic (exact) mass is 539 g/mol. The molecule has 0 saturated heterocycles. The summed E-state index contributed by atoms with van der Waals surface area (Å²) < 4.78 is 16.4. The standard InChI is InChI=1S/C31H29N3O6/c1-3-17-39-24-14-12-23(13-15-24)31(37)40-27-16-11-21(18-28(27)38-2)19-33-34-29(35)20-32-30(36)26-10-6-8-22-7-4-5-9-25(22)26/h4-16,18-19H,3,17,20H2,1-2H3,(H,32,36)(H,34,35)/b33-19+. The Kier molecular flexibility index (Phi) is 9.44. The fourth-order valence-electron chi connectivity index (χ4n) is 3.81. The zero-order chi connectivity index (χ0) is 28.3. The number of nitrogens with one attached hydrogen (secondary N) is 2. The highest BCUT2D eigenvalue weighted by Crippen LogP contribution is 2.28. The normalized spacial score (nSPS) is 10.8. The van der Waals surface area contributed by atoms with E-state index in [9.17, 15) is 14.4 Å². The molecule has 0 unspecified atom stereocenters. The van der Waals surface area contributed by atoms with Crippen LogP contribution >= 0.6 is 0 Å². The van der Waals surface area contributed by atoms with Gasteiger partial charge in [-0.1, -0.05) is 43.3 Å². The number of nitrogens with zero attached hydrogens (tertiary/aromatic N) is 1. The highest BCUT2D eigenvalue weighted by atomic mass is 16.6. The number of rotatable bonds is 11. The van der Waals surface area contributed by atoms with E-state index in [-0.39, 0.29) is 18.2 Å². The first kappa shape index (κ1) is 27.8. The first-order valence-corrected chi connectivity index (χ1v) is 12.7. The van der Waals surface area contributed by atoms with E-state index in [1.807, 2.05) is 37.3 Å². The lowest BCUT2D eigenvalue weighted by Gasteiger charge is -2.10. The molecule has 0 radical (unpaired) electrons. The average molecular weight is 540 g/mol. The van der Waals surface area contributed by atoms with Gasteiger partial charge in [0.25, 0.3) is 11.8 Å². The summed E-state index contributed by atoms with van der Waals surface area (Å²) in [6.45, 7) is 2.37. The number of hydrazone groups is 1. The lowest BCUT2D eigenvalue weighted by atomic mass is 10.0. The Balaban J connectivity index is 1.30. The van der Waals surface area contributed by atoms with Crippen molar-refractivity contribution in [3.63, 3.8) is 0 Å². The smallest absolute Gasteiger partial charge is 0.343 e. The summed E-state index contributed by atoms with van der Waals surface area (Å²) >= 11 is 0. The Morgan fingerprint density at radius 3 is 2.45 bits per heavy atom. The number of amides is 2. The predicted octanol–water partition coefficient (Wildman–Crippen LogP) is 4.74. The number of benzene rings is 4. The van der Waals surface area contributed by atoms with Crippen LogP contribution in [0.3, 0.4) is 0 Å². The van der Waals surface area contributed by atoms with E-state index < -0.39 is 11.9 Å². The molecule has 0 aliphatic heterocycles. The third kappa shape index (κ3) is 7.22. The van der Waals surface area contributed by atoms with E-state index in [0.717, 1.165) is 17.2 Å². The van der Waals surface area contributed by atoms with E-state index in [0.29, 0.717) is 34.8 Å². The summed E-state index contributed by atoms with van der Waals surface area (Å²) in [5.41, 5.74) is 3.82. The van der Waals surface area contributed by atoms with Crippen molar-refractivity contribution in [3.05, 3.63) is 102 Å². The van der Waals surface area contributed by atoms with Crippen molar-refractivity contribution in [3.8, 4) is 17.2 Å². The number of methoxy groups -OCH3 is 1. The van der Waals surface area contributed by atoms with Crippen molar-refractivity contribution in [2.24, 2.45) is 5.10 Å². The molecule has 40 heavy (non-hydrogen) atoms. The topological polar surface area (TPSA) is 115 Å². The molecule has 0 aromatic heterocycles. The molecule has 204 valence electrons. The molecule has 0 fully saturated rings. The Morgan fingerprint density at radius 2 is 1.68 bits per heavy atom. The fourth-order valence-corrected chi connectivity index (χ4v) is 3.81. The number of hydrogen-bond acceptors (Lipinski definition) is 7. The minimum atomic E-state index is -0.542. The summed E-state index contributed by atoms with van der Waals surface area (Å²) in [6.07, 6.45) is 2.30. The lowest BCUT2D eigenvalue weighted by Crippen LogP contribution is -2.35. The molecule has 2 N–H and O–H groups in total. The van der Waals surface area contributed by atoms with Crippen molar-refractivity contribution in [2.75, 3.05) is 20.3 Å². The highest BCUT2D eigenvalue weighted by molar-refractivity contribution is 6.07. The Bertz CT molecular complexity index is 1530. The lowest BCUT2D eigenvalue weighted by molar-refractivity contribution is -0.120. The van der Waals surface area contributed by atoms with Gasteiger partial charge in [-0.25, -0.2) is 10.2 Å². The molecular weight excluding hydrogens is 510 g/mol. The maximum atomic E-state index is 12.6. The van der Waals surface area contributed by atoms with Crippen LogP contribution in [-0.2, 0) is 4.79 Å². The van der Waals surface area contributed by atoms with Gasteiger partial charge in [-0.05, 0) is 71.3 Å². The number of hydrogen-bond donors (Lipinski definition) is 2. The largest absolute Gasteiger partial charge is 0.494 e. The molecule has 0 spiro atoms. The van der Waals surface area contributed by atoms with Gasteiger partial charge in [-0.2, -0.15) is 5.10 Å². The van der Waals surface area contributed by atoms with Gasteiger partial charge in [0.2, 0.25) is 0 Å². The van der Waals surface area contributed by atoms with Crippen molar-refractivity contribution in [1.29, 1.82) is 0 Å². The predicted molar refractivity (Wildman–Crippen MR) is 152 cm³/mol. The summed E-state index contributed by atoms with van der Waals surface area (Å²) in [7, 11) is 1.45. The third-order valence-electron chi connectivity index (χ3n) is 5.80. The van der Waals surface area contributed by atoms with Crippen molar-refractivity contribution < 1.29 is 28.6 Å². The van der Waals surface area contributed by atoms with Crippen LogP contribution in [0.5, 0.6) is 17.2 Å². The minimum absolute atomic E-state index is 0.233. The molecule has 4 rings (SSSR count). The second kappa shape index (κ2) is 13.6. The zero-order valence-electron chi connectivity index (χ0n) is 22.2. The van der Waals surface area contributed by atoms with E-state index >= 15 is 0 Å². The van der Waals surface area contributed by atoms with E-state index in [1.54, 1.807) is 54.6 Å². The van der Waals surface area contributed by atoms with Gasteiger partial charge in [0.05, 0.1) is 32.0 Å². The second-order valence-electron chi connectivity index (χ2n) is 8.68. The van der Waals surface area contributed by atoms with Gasteiger partial charge in [-0.15, -0.1) is 0 Å². The van der Waals surface area contributed by atoms with Gasteiger partial charge in [0, 0.05) is 5.56 Å². The van der Waals surface area contributed by atoms with Crippen LogP contribution in [-0.4, -0.2) is 44.3 Å². The van der Waals surface area contributed by atoms with Crippen molar-refractivity contribution in [2.45, 2.75) is 13.3 Å². The van der Waals surface area contributed by atoms with Crippen LogP contribution in [0.4, 0.5) is 0 Å². The maximum absolute atomic E-state index is 12.6. The molecule has 0 saturated carbocycles. The second-order valence-corrected chi connectivity index (χ2v) is 8.68. The first-order valence-electron chi connectivity index (χ1n) is 12.7. The summed E-state index contributed by atoms with van der Waals surface area (Å²) in [5.74, 6) is -0.163. The van der Waals surface area contributed by atoms with Gasteiger partial charge >= 0.3 is 5.97 Å². The maximum Gasteiger partial charge on any atom is 0.343 e. The first-order chi connectivity index (χ1) is 19.5. The van der Waals surface area contributed by atoms with E-state index in [1.165, 1.54) is 13.3 Å². The van der Waals surface area contributed by atoms with Gasteiger partial charge in [-0.3, -0.25) is 9.59 Å². The number of carbonyl (C=O) groups excluding carboxylic acids is 3. The van der Waals surface area contributed by atoms with Crippen molar-refractivity contribution >= 4 is 34.8 Å². The molecule has 4 aromatic carbocycles. The van der Waals surface area contributed by atoms with E-state index in [4.69, 9.17) is 14.2 Å². The van der Waals surface area contributed by atoms with Crippen LogP contribution in [0.15, 0.2) is 90.0 Å². The van der Waals surface area contributed by atoms with Crippen LogP contribution in [0, 0.1) is 0 Å². The van der Waals surface area contributed by atoms with Crippen LogP contribution < -0.4 is 25.0 Å². The van der Waals surface area contributed by atoms with Crippen molar-refractivity contribution in [1.82, 2.24) is 10.7 Å². The number of ether oxygens (including phenoxy) is 3. The SMILES string of the molecule is CCCOc1ccc(C(=O)Oc2ccc(/C=N/NC(=O)CNC(=O)c3cccc4ccccc34)cc2OC)cc1. The van der Waals surface area contributed by atoms with Gasteiger partial charge in [0.1, 0.15) is 5.75 Å². The van der Waals surface area contributed by atoms with Gasteiger partial charge in [0.15, 0.2) is 11.5 Å². The molecule has 0 atom stereocenters. The van der Waals surface area contributed by atoms with Gasteiger partial charge < -0.3 is 19.5 Å². The Labute approximate surface area is 231 Å². The minimum Gasteiger partial charge on any atom is -0.494 e. The third-order valence-corrected chi connectivity index (χ3v) is 5.80. The average Bonchev–Trinajstić information content (AvgIpc) is 2.99. The quantitative estimate of drug-likeness (QED) is 0.123. The molecule has 0 aliphatic rings. The molecule has 2 amide bonds. The number of carbonyl (C=O) groups is 3. The molecule has 4 aromatic rings. The van der Waals surface area contributed by atoms with Crippen LogP contribution in [0.2, 0.25) is 0 Å². The Morgan fingerprint density at radius 1 is 0.900 bits per heavy atom. The summed E-state index contributed by atoms with van der Waals surface area (Å²) in [6, 6.07) is 24.5. The van der Waals surface area contributed by atoms with Crippen LogP contribution in [0.25, 0.3) is 10.8 Å². The fraction of sp³-hybridized carbons (Fsp3) is 0.161. The molecule has 0 heterocycles. The molecule has 9 nitrogen and oxygen atoms in total. The van der Waals surface area contributed by atoms with E-state index in [2.05, 4.69) is 15.8 Å². The zero-order valence-corrected chi connectivity index (χ0v) is 22.2.